The highest BCUT2D eigenvalue weighted by atomic mass is 35.5. The molecule has 17 heavy (non-hydrogen) atoms. The summed E-state index contributed by atoms with van der Waals surface area (Å²) in [5.74, 6) is 0.884. The van der Waals surface area contributed by atoms with E-state index in [9.17, 15) is 5.11 Å². The van der Waals surface area contributed by atoms with Crippen molar-refractivity contribution in [1.29, 1.82) is 0 Å². The highest BCUT2D eigenvalue weighted by Gasteiger charge is 2.26. The van der Waals surface area contributed by atoms with Crippen LogP contribution in [0.25, 0.3) is 0 Å². The van der Waals surface area contributed by atoms with E-state index >= 15 is 0 Å². The molecule has 0 bridgehead atoms. The van der Waals surface area contributed by atoms with E-state index in [1.807, 2.05) is 0 Å². The van der Waals surface area contributed by atoms with E-state index in [1.54, 1.807) is 6.07 Å². The maximum atomic E-state index is 9.24. The molecule has 2 N–H and O–H groups in total. The second kappa shape index (κ2) is 5.85. The fourth-order valence-electron chi connectivity index (χ4n) is 2.34. The third-order valence-electron chi connectivity index (χ3n) is 3.32. The van der Waals surface area contributed by atoms with Crippen LogP contribution in [0, 0.1) is 11.8 Å². The van der Waals surface area contributed by atoms with Crippen molar-refractivity contribution < 1.29 is 5.11 Å². The van der Waals surface area contributed by atoms with Gasteiger partial charge in [-0.1, -0.05) is 29.6 Å². The van der Waals surface area contributed by atoms with Crippen molar-refractivity contribution in [3.63, 3.8) is 0 Å². The van der Waals surface area contributed by atoms with Gasteiger partial charge in [-0.05, 0) is 24.7 Å². The van der Waals surface area contributed by atoms with Crippen LogP contribution < -0.4 is 5.32 Å². The molecule has 0 amide bonds. The number of nitrogens with one attached hydrogen (secondary N) is 1. The lowest BCUT2D eigenvalue weighted by Crippen LogP contribution is -2.21. The Morgan fingerprint density at radius 1 is 1.29 bits per heavy atom. The molecule has 2 unspecified atom stereocenters. The van der Waals surface area contributed by atoms with E-state index < -0.39 is 0 Å². The SMILES string of the molecule is OCC1CCCC1CNc1cc(Cl)nnc1Cl. The molecule has 1 heterocycles. The Hall–Kier alpha value is -0.580. The van der Waals surface area contributed by atoms with Gasteiger partial charge in [-0.3, -0.25) is 0 Å². The first-order valence-corrected chi connectivity index (χ1v) is 6.49. The van der Waals surface area contributed by atoms with Crippen LogP contribution in [-0.4, -0.2) is 28.5 Å². The molecule has 0 aliphatic heterocycles. The predicted octanol–water partition coefficient (Wildman–Crippen LogP) is 2.60. The number of rotatable bonds is 4. The van der Waals surface area contributed by atoms with Gasteiger partial charge in [-0.25, -0.2) is 0 Å². The minimum atomic E-state index is 0.259. The summed E-state index contributed by atoms with van der Waals surface area (Å²) in [6, 6.07) is 1.67. The average molecular weight is 276 g/mol. The summed E-state index contributed by atoms with van der Waals surface area (Å²) in [5, 5.41) is 20.5. The molecule has 0 spiro atoms. The van der Waals surface area contributed by atoms with Crippen molar-refractivity contribution in [3.05, 3.63) is 16.4 Å². The molecular weight excluding hydrogens is 261 g/mol. The maximum Gasteiger partial charge on any atom is 0.174 e. The van der Waals surface area contributed by atoms with Gasteiger partial charge >= 0.3 is 0 Å². The van der Waals surface area contributed by atoms with E-state index in [0.717, 1.165) is 19.4 Å². The van der Waals surface area contributed by atoms with Crippen molar-refractivity contribution >= 4 is 28.9 Å². The molecule has 0 aromatic carbocycles. The second-order valence-corrected chi connectivity index (χ2v) is 5.13. The lowest BCUT2D eigenvalue weighted by Gasteiger charge is -2.18. The number of hydrogen-bond acceptors (Lipinski definition) is 4. The van der Waals surface area contributed by atoms with Gasteiger partial charge in [-0.15, -0.1) is 10.2 Å². The van der Waals surface area contributed by atoms with E-state index in [4.69, 9.17) is 23.2 Å². The summed E-state index contributed by atoms with van der Waals surface area (Å²) < 4.78 is 0. The molecule has 1 fully saturated rings. The average Bonchev–Trinajstić information content (AvgIpc) is 2.77. The van der Waals surface area contributed by atoms with Crippen LogP contribution in [0.5, 0.6) is 0 Å². The molecule has 1 aliphatic carbocycles. The summed E-state index contributed by atoms with van der Waals surface area (Å²) in [4.78, 5) is 0. The lowest BCUT2D eigenvalue weighted by atomic mass is 9.97. The minimum absolute atomic E-state index is 0.259. The van der Waals surface area contributed by atoms with Crippen molar-refractivity contribution in [2.24, 2.45) is 11.8 Å². The Morgan fingerprint density at radius 3 is 2.82 bits per heavy atom. The number of halogens is 2. The van der Waals surface area contributed by atoms with Gasteiger partial charge in [0, 0.05) is 19.2 Å². The molecule has 1 aliphatic rings. The van der Waals surface area contributed by atoms with Gasteiger partial charge in [0.05, 0.1) is 5.69 Å². The molecule has 1 saturated carbocycles. The number of aliphatic hydroxyl groups excluding tert-OH is 1. The largest absolute Gasteiger partial charge is 0.396 e. The zero-order valence-electron chi connectivity index (χ0n) is 9.37. The zero-order chi connectivity index (χ0) is 12.3. The van der Waals surface area contributed by atoms with Crippen LogP contribution in [0.2, 0.25) is 10.3 Å². The summed E-state index contributed by atoms with van der Waals surface area (Å²) in [5.41, 5.74) is 0.704. The zero-order valence-corrected chi connectivity index (χ0v) is 10.9. The lowest BCUT2D eigenvalue weighted by molar-refractivity contribution is 0.199. The van der Waals surface area contributed by atoms with E-state index in [1.165, 1.54) is 6.42 Å². The van der Waals surface area contributed by atoms with Gasteiger partial charge < -0.3 is 10.4 Å². The predicted molar refractivity (Wildman–Crippen MR) is 68.5 cm³/mol. The van der Waals surface area contributed by atoms with Crippen LogP contribution >= 0.6 is 23.2 Å². The summed E-state index contributed by atoms with van der Waals surface area (Å²) in [6.45, 7) is 1.04. The van der Waals surface area contributed by atoms with Gasteiger partial charge in [0.2, 0.25) is 0 Å². The van der Waals surface area contributed by atoms with Gasteiger partial charge in [0.25, 0.3) is 0 Å². The topological polar surface area (TPSA) is 58.0 Å². The molecule has 0 saturated heterocycles. The quantitative estimate of drug-likeness (QED) is 0.887. The first-order valence-electron chi connectivity index (χ1n) is 5.74. The number of hydrogen-bond donors (Lipinski definition) is 2. The molecule has 2 atom stereocenters. The second-order valence-electron chi connectivity index (χ2n) is 4.39. The molecule has 94 valence electrons. The fourth-order valence-corrected chi connectivity index (χ4v) is 2.65. The molecule has 1 aromatic heterocycles. The van der Waals surface area contributed by atoms with E-state index in [2.05, 4.69) is 15.5 Å². The highest BCUT2D eigenvalue weighted by Crippen LogP contribution is 2.32. The Labute approximate surface area is 110 Å². The fraction of sp³-hybridized carbons (Fsp3) is 0.636. The van der Waals surface area contributed by atoms with Crippen LogP contribution in [0.15, 0.2) is 6.07 Å². The van der Waals surface area contributed by atoms with Crippen molar-refractivity contribution in [2.75, 3.05) is 18.5 Å². The smallest absolute Gasteiger partial charge is 0.174 e. The van der Waals surface area contributed by atoms with Crippen LogP contribution in [0.3, 0.4) is 0 Å². The Balaban J connectivity index is 1.95. The normalized spacial score (nSPS) is 23.9. The van der Waals surface area contributed by atoms with Crippen LogP contribution in [-0.2, 0) is 0 Å². The summed E-state index contributed by atoms with van der Waals surface area (Å²) >= 11 is 11.7. The monoisotopic (exact) mass is 275 g/mol. The molecule has 6 heteroatoms. The maximum absolute atomic E-state index is 9.24. The van der Waals surface area contributed by atoms with E-state index in [-0.39, 0.29) is 6.61 Å². The van der Waals surface area contributed by atoms with E-state index in [0.29, 0.717) is 27.8 Å². The number of aromatic nitrogens is 2. The van der Waals surface area contributed by atoms with Crippen molar-refractivity contribution in [2.45, 2.75) is 19.3 Å². The molecular formula is C11H15Cl2N3O. The van der Waals surface area contributed by atoms with Crippen LogP contribution in [0.4, 0.5) is 5.69 Å². The summed E-state index contributed by atoms with van der Waals surface area (Å²) in [7, 11) is 0. The molecule has 0 radical (unpaired) electrons. The third kappa shape index (κ3) is 3.21. The van der Waals surface area contributed by atoms with Crippen molar-refractivity contribution in [3.8, 4) is 0 Å². The van der Waals surface area contributed by atoms with Crippen molar-refractivity contribution in [1.82, 2.24) is 10.2 Å². The first-order chi connectivity index (χ1) is 8.20. The van der Waals surface area contributed by atoms with Gasteiger partial charge in [0.1, 0.15) is 0 Å². The summed E-state index contributed by atoms with van der Waals surface area (Å²) in [6.07, 6.45) is 3.43. The number of anilines is 1. The first kappa shape index (κ1) is 12.9. The highest BCUT2D eigenvalue weighted by molar-refractivity contribution is 6.33. The Kier molecular flexibility index (Phi) is 4.42. The molecule has 2 rings (SSSR count). The Bertz CT molecular complexity index is 389. The van der Waals surface area contributed by atoms with Gasteiger partial charge in [-0.2, -0.15) is 0 Å². The third-order valence-corrected chi connectivity index (χ3v) is 3.79. The molecule has 4 nitrogen and oxygen atoms in total. The Morgan fingerprint density at radius 2 is 2.06 bits per heavy atom. The standard InChI is InChI=1S/C11H15Cl2N3O/c12-10-4-9(11(13)16-15-10)14-5-7-2-1-3-8(7)6-17/h4,7-8,17H,1-3,5-6H2,(H,14,15). The van der Waals surface area contributed by atoms with Crippen LogP contribution in [0.1, 0.15) is 19.3 Å². The molecule has 1 aromatic rings. The minimum Gasteiger partial charge on any atom is -0.396 e. The number of nitrogens with zero attached hydrogens (tertiary/aromatic N) is 2. The van der Waals surface area contributed by atoms with Gasteiger partial charge in [0.15, 0.2) is 10.3 Å². The number of aliphatic hydroxyl groups is 1.